The number of nitrogens with zero attached hydrogens (tertiary/aromatic N) is 1. The monoisotopic (exact) mass is 432 g/mol. The summed E-state index contributed by atoms with van der Waals surface area (Å²) in [6, 6.07) is 11.5. The topological polar surface area (TPSA) is 40.9 Å². The second-order valence-electron chi connectivity index (χ2n) is 3.42. The van der Waals surface area contributed by atoms with E-state index in [2.05, 4.69) is 6.07 Å². The second kappa shape index (κ2) is 7.76. The van der Waals surface area contributed by atoms with E-state index in [0.717, 1.165) is 5.56 Å². The Morgan fingerprint density at radius 2 is 2.12 bits per heavy atom. The largest absolute Gasteiger partial charge is 0.542 e. The Bertz CT molecular complexity index is 430. The van der Waals surface area contributed by atoms with Gasteiger partial charge in [0.1, 0.15) is 0 Å². The van der Waals surface area contributed by atoms with Gasteiger partial charge in [-0.25, -0.2) is 0 Å². The van der Waals surface area contributed by atoms with E-state index in [1.807, 2.05) is 30.3 Å². The Hall–Kier alpha value is -0.492. The van der Waals surface area contributed by atoms with Crippen molar-refractivity contribution in [1.29, 1.82) is 5.26 Å². The molecular formula is C12H10NOS2W-. The van der Waals surface area contributed by atoms with Crippen molar-refractivity contribution in [2.24, 2.45) is 0 Å². The van der Waals surface area contributed by atoms with Crippen LogP contribution >= 0.6 is 24.0 Å². The predicted molar refractivity (Wildman–Crippen MR) is 70.1 cm³/mol. The number of hydrogen-bond donors (Lipinski definition) is 0. The van der Waals surface area contributed by atoms with Crippen molar-refractivity contribution >= 4 is 34.5 Å². The van der Waals surface area contributed by atoms with E-state index < -0.39 is 4.75 Å². The van der Waals surface area contributed by atoms with Gasteiger partial charge in [-0.1, -0.05) is 54.3 Å². The van der Waals surface area contributed by atoms with E-state index >= 15 is 0 Å². The third-order valence-electron chi connectivity index (χ3n) is 1.97. The molecule has 1 aromatic rings. The summed E-state index contributed by atoms with van der Waals surface area (Å²) in [5.74, 6) is 0. The van der Waals surface area contributed by atoms with Gasteiger partial charge in [-0.3, -0.25) is 6.29 Å². The fourth-order valence-corrected chi connectivity index (χ4v) is 2.60. The Morgan fingerprint density at radius 1 is 1.53 bits per heavy atom. The van der Waals surface area contributed by atoms with Crippen molar-refractivity contribution in [3.63, 3.8) is 0 Å². The Balaban J connectivity index is 0.00000256. The first kappa shape index (κ1) is 16.5. The van der Waals surface area contributed by atoms with Gasteiger partial charge in [-0.05, 0) is 12.5 Å². The maximum Gasteiger partial charge on any atom is 0.0815 e. The molecule has 1 rings (SSSR count). The first-order chi connectivity index (χ1) is 7.61. The molecular weight excluding hydrogens is 422 g/mol. The maximum atomic E-state index is 10.4. The van der Waals surface area contributed by atoms with Crippen molar-refractivity contribution in [1.82, 2.24) is 0 Å². The van der Waals surface area contributed by atoms with Gasteiger partial charge in [-0.2, -0.15) is 5.26 Å². The number of benzene rings is 1. The normalized spacial score (nSPS) is 12.7. The van der Waals surface area contributed by atoms with Crippen molar-refractivity contribution in [3.05, 3.63) is 35.9 Å². The fraction of sp³-hybridized carbons (Fsp3) is 0.250. The van der Waals surface area contributed by atoms with Crippen LogP contribution in [0.3, 0.4) is 0 Å². The van der Waals surface area contributed by atoms with Crippen LogP contribution in [0.5, 0.6) is 0 Å². The number of nitriles is 1. The zero-order valence-corrected chi connectivity index (χ0v) is 13.7. The van der Waals surface area contributed by atoms with Crippen LogP contribution in [0.15, 0.2) is 30.3 Å². The standard InChI is InChI=1S/C12H10NOS2.W/c1-12(9-13,7-8-14)16-11(15)10-5-3-2-4-6-10;/h2-6H,7H2,1H3;/q-1;. The Kier molecular flexibility index (Phi) is 7.54. The van der Waals surface area contributed by atoms with Gasteiger partial charge in [0.25, 0.3) is 0 Å². The van der Waals surface area contributed by atoms with Crippen molar-refractivity contribution in [3.8, 4) is 6.07 Å². The predicted octanol–water partition coefficient (Wildman–Crippen LogP) is 2.87. The van der Waals surface area contributed by atoms with Gasteiger partial charge in [0.05, 0.1) is 15.0 Å². The average Bonchev–Trinajstić information content (AvgIpc) is 2.30. The van der Waals surface area contributed by atoms with Crippen LogP contribution in [-0.2, 0) is 25.9 Å². The summed E-state index contributed by atoms with van der Waals surface area (Å²) in [5.41, 5.74) is 0.898. The molecule has 0 N–H and O–H groups in total. The molecule has 0 heterocycles. The molecule has 0 saturated heterocycles. The minimum Gasteiger partial charge on any atom is -0.542 e. The molecule has 0 aliphatic carbocycles. The molecule has 0 aromatic heterocycles. The van der Waals surface area contributed by atoms with Gasteiger partial charge in [0.15, 0.2) is 0 Å². The zero-order valence-electron chi connectivity index (χ0n) is 9.17. The number of thiocarbonyl (C=S) groups is 1. The number of carbonyl (C=O) groups excluding carboxylic acids is 1. The van der Waals surface area contributed by atoms with Crippen molar-refractivity contribution < 1.29 is 25.9 Å². The Labute approximate surface area is 125 Å². The van der Waals surface area contributed by atoms with Crippen LogP contribution in [-0.4, -0.2) is 15.2 Å². The van der Waals surface area contributed by atoms with Gasteiger partial charge < -0.3 is 4.79 Å². The number of hydrogen-bond acceptors (Lipinski definition) is 4. The molecule has 2 nitrogen and oxygen atoms in total. The smallest absolute Gasteiger partial charge is 0.0815 e. The van der Waals surface area contributed by atoms with Crippen LogP contribution < -0.4 is 0 Å². The van der Waals surface area contributed by atoms with E-state index in [4.69, 9.17) is 17.5 Å². The second-order valence-corrected chi connectivity index (χ2v) is 5.60. The quantitative estimate of drug-likeness (QED) is 0.542. The molecule has 1 aromatic carbocycles. The minimum atomic E-state index is -0.825. The average molecular weight is 432 g/mol. The van der Waals surface area contributed by atoms with Crippen LogP contribution in [0.4, 0.5) is 0 Å². The molecule has 0 fully saturated rings. The van der Waals surface area contributed by atoms with Crippen LogP contribution in [0.25, 0.3) is 0 Å². The third kappa shape index (κ3) is 5.12. The molecule has 0 aliphatic rings. The van der Waals surface area contributed by atoms with E-state index in [1.54, 1.807) is 13.2 Å². The molecule has 0 aliphatic heterocycles. The summed E-state index contributed by atoms with van der Waals surface area (Å²) in [6.07, 6.45) is 1.82. The van der Waals surface area contributed by atoms with Gasteiger partial charge in [0, 0.05) is 21.1 Å². The van der Waals surface area contributed by atoms with E-state index in [1.165, 1.54) is 11.8 Å². The first-order valence-electron chi connectivity index (χ1n) is 4.66. The summed E-state index contributed by atoms with van der Waals surface area (Å²) in [4.78, 5) is 10.4. The first-order valence-corrected chi connectivity index (χ1v) is 5.88. The molecule has 1 unspecified atom stereocenters. The van der Waals surface area contributed by atoms with E-state index in [0.29, 0.717) is 4.20 Å². The fourth-order valence-electron chi connectivity index (χ4n) is 1.07. The zero-order chi connectivity index (χ0) is 12.0. The summed E-state index contributed by atoms with van der Waals surface area (Å²) in [5, 5.41) is 9.00. The summed E-state index contributed by atoms with van der Waals surface area (Å²) < 4.78 is -0.200. The third-order valence-corrected chi connectivity index (χ3v) is 3.57. The maximum absolute atomic E-state index is 10.4. The van der Waals surface area contributed by atoms with Crippen molar-refractivity contribution in [2.45, 2.75) is 18.1 Å². The number of thioether (sulfide) groups is 1. The van der Waals surface area contributed by atoms with Crippen LogP contribution in [0.2, 0.25) is 0 Å². The summed E-state index contributed by atoms with van der Waals surface area (Å²) in [7, 11) is 0. The van der Waals surface area contributed by atoms with Crippen LogP contribution in [0.1, 0.15) is 18.9 Å². The molecule has 0 bridgehead atoms. The Morgan fingerprint density at radius 3 is 2.59 bits per heavy atom. The SMILES string of the molecule is CC(C#N)(C[C-]=O)SC(=S)c1ccccc1.[W]. The van der Waals surface area contributed by atoms with Gasteiger partial charge in [-0.15, -0.1) is 6.42 Å². The van der Waals surface area contributed by atoms with E-state index in [9.17, 15) is 4.79 Å². The van der Waals surface area contributed by atoms with E-state index in [-0.39, 0.29) is 27.5 Å². The summed E-state index contributed by atoms with van der Waals surface area (Å²) in [6.45, 7) is 1.69. The molecule has 88 valence electrons. The molecule has 0 spiro atoms. The molecule has 0 amide bonds. The molecule has 0 saturated carbocycles. The molecule has 1 atom stereocenters. The van der Waals surface area contributed by atoms with Crippen molar-refractivity contribution in [2.75, 3.05) is 0 Å². The van der Waals surface area contributed by atoms with Gasteiger partial charge in [0.2, 0.25) is 0 Å². The van der Waals surface area contributed by atoms with Crippen LogP contribution in [0, 0.1) is 11.3 Å². The molecule has 17 heavy (non-hydrogen) atoms. The number of rotatable bonds is 4. The molecule has 0 radical (unpaired) electrons. The molecule has 5 heteroatoms. The summed E-state index contributed by atoms with van der Waals surface area (Å²) >= 11 is 6.46. The van der Waals surface area contributed by atoms with Gasteiger partial charge >= 0.3 is 0 Å². The minimum absolute atomic E-state index is 0.